The van der Waals surface area contributed by atoms with E-state index >= 15 is 0 Å². The van der Waals surface area contributed by atoms with E-state index in [4.69, 9.17) is 5.73 Å². The van der Waals surface area contributed by atoms with Crippen molar-refractivity contribution in [3.8, 4) is 0 Å². The molecule has 0 spiro atoms. The normalized spacial score (nSPS) is 33.8. The van der Waals surface area contributed by atoms with E-state index in [2.05, 4.69) is 0 Å². The maximum Gasteiger partial charge on any atom is 0.422 e. The van der Waals surface area contributed by atoms with Crippen molar-refractivity contribution < 1.29 is 17.6 Å². The summed E-state index contributed by atoms with van der Waals surface area (Å²) in [6, 6.07) is 0.0691. The van der Waals surface area contributed by atoms with Gasteiger partial charge in [-0.25, -0.2) is 4.39 Å². The zero-order valence-corrected chi connectivity index (χ0v) is 9.49. The van der Waals surface area contributed by atoms with Crippen molar-refractivity contribution in [1.82, 2.24) is 0 Å². The van der Waals surface area contributed by atoms with E-state index in [0.717, 1.165) is 12.8 Å². The molecule has 0 aromatic rings. The molecule has 0 bridgehead atoms. The fourth-order valence-electron chi connectivity index (χ4n) is 2.21. The summed E-state index contributed by atoms with van der Waals surface area (Å²) in [6.45, 7) is 1.87. The fraction of sp³-hybridized carbons (Fsp3) is 1.00. The van der Waals surface area contributed by atoms with Crippen LogP contribution in [0.2, 0.25) is 0 Å². The van der Waals surface area contributed by atoms with E-state index in [9.17, 15) is 17.6 Å². The summed E-state index contributed by atoms with van der Waals surface area (Å²) in [5, 5.41) is 0. The highest BCUT2D eigenvalue weighted by atomic mass is 19.4. The minimum atomic E-state index is -4.71. The van der Waals surface area contributed by atoms with Gasteiger partial charge in [-0.3, -0.25) is 0 Å². The van der Waals surface area contributed by atoms with Crippen molar-refractivity contribution in [3.63, 3.8) is 0 Å². The summed E-state index contributed by atoms with van der Waals surface area (Å²) in [7, 11) is 0. The Hall–Kier alpha value is -0.320. The van der Waals surface area contributed by atoms with Gasteiger partial charge in [0.1, 0.15) is 0 Å². The molecule has 16 heavy (non-hydrogen) atoms. The van der Waals surface area contributed by atoms with Gasteiger partial charge in [0.15, 0.2) is 0 Å². The molecule has 5 heteroatoms. The Labute approximate surface area is 93.4 Å². The van der Waals surface area contributed by atoms with E-state index < -0.39 is 11.8 Å². The molecular formula is C11H19F4N. The second-order valence-corrected chi connectivity index (χ2v) is 4.96. The summed E-state index contributed by atoms with van der Waals surface area (Å²) in [4.78, 5) is 0. The van der Waals surface area contributed by atoms with Crippen LogP contribution in [0.5, 0.6) is 0 Å². The van der Waals surface area contributed by atoms with Crippen LogP contribution in [0.4, 0.5) is 17.6 Å². The summed E-state index contributed by atoms with van der Waals surface area (Å²) in [5.41, 5.74) is 2.63. The largest absolute Gasteiger partial charge is 0.422 e. The van der Waals surface area contributed by atoms with Crippen LogP contribution >= 0.6 is 0 Å². The first kappa shape index (κ1) is 13.7. The Bertz CT molecular complexity index is 217. The fourth-order valence-corrected chi connectivity index (χ4v) is 2.21. The number of hydrogen-bond donors (Lipinski definition) is 1. The van der Waals surface area contributed by atoms with Crippen molar-refractivity contribution in [1.29, 1.82) is 0 Å². The molecule has 1 aliphatic carbocycles. The molecule has 2 N–H and O–H groups in total. The maximum absolute atomic E-state index is 13.5. The predicted octanol–water partition coefficient (Wildman–Crippen LogP) is 3.57. The monoisotopic (exact) mass is 241 g/mol. The van der Waals surface area contributed by atoms with Gasteiger partial charge in [-0.15, -0.1) is 0 Å². The minimum absolute atomic E-state index is 0.0691. The van der Waals surface area contributed by atoms with Gasteiger partial charge in [-0.05, 0) is 51.4 Å². The lowest BCUT2D eigenvalue weighted by Gasteiger charge is -2.35. The van der Waals surface area contributed by atoms with Crippen LogP contribution in [0.25, 0.3) is 0 Å². The zero-order valence-electron chi connectivity index (χ0n) is 9.49. The van der Waals surface area contributed by atoms with Crippen LogP contribution in [0.3, 0.4) is 0 Å². The number of rotatable bonds is 3. The Balaban J connectivity index is 2.39. The second kappa shape index (κ2) is 4.90. The van der Waals surface area contributed by atoms with Gasteiger partial charge in [-0.2, -0.15) is 13.2 Å². The van der Waals surface area contributed by atoms with Gasteiger partial charge in [0.25, 0.3) is 0 Å². The SMILES string of the molecule is CC(N)CCC1CCC(F)(C(F)(F)F)CC1. The molecule has 1 nitrogen and oxygen atoms in total. The summed E-state index contributed by atoms with van der Waals surface area (Å²) in [6.07, 6.45) is -3.23. The predicted molar refractivity (Wildman–Crippen MR) is 54.7 cm³/mol. The molecule has 0 radical (unpaired) electrons. The van der Waals surface area contributed by atoms with Crippen molar-refractivity contribution in [3.05, 3.63) is 0 Å². The van der Waals surface area contributed by atoms with Crippen LogP contribution in [-0.4, -0.2) is 17.9 Å². The molecule has 1 unspecified atom stereocenters. The van der Waals surface area contributed by atoms with E-state index in [1.165, 1.54) is 0 Å². The van der Waals surface area contributed by atoms with Gasteiger partial charge in [-0.1, -0.05) is 0 Å². The van der Waals surface area contributed by atoms with Crippen molar-refractivity contribution in [2.24, 2.45) is 11.7 Å². The van der Waals surface area contributed by atoms with E-state index in [1.807, 2.05) is 6.92 Å². The van der Waals surface area contributed by atoms with Crippen molar-refractivity contribution >= 4 is 0 Å². The average Bonchev–Trinajstić information content (AvgIpc) is 2.15. The standard InChI is InChI=1S/C11H19F4N/c1-8(16)2-3-9-4-6-10(12,7-5-9)11(13,14)15/h8-9H,2-7,16H2,1H3. The molecule has 1 fully saturated rings. The summed E-state index contributed by atoms with van der Waals surface area (Å²) in [5.74, 6) is 0.206. The summed E-state index contributed by atoms with van der Waals surface area (Å²) >= 11 is 0. The average molecular weight is 241 g/mol. The molecule has 0 heterocycles. The lowest BCUT2D eigenvalue weighted by atomic mass is 9.77. The molecule has 0 amide bonds. The first-order chi connectivity index (χ1) is 7.24. The second-order valence-electron chi connectivity index (χ2n) is 4.96. The van der Waals surface area contributed by atoms with Crippen LogP contribution in [0, 0.1) is 5.92 Å². The van der Waals surface area contributed by atoms with Gasteiger partial charge in [0, 0.05) is 6.04 Å². The Morgan fingerprint density at radius 3 is 2.19 bits per heavy atom. The number of halogens is 4. The number of nitrogens with two attached hydrogens (primary N) is 1. The summed E-state index contributed by atoms with van der Waals surface area (Å²) < 4.78 is 50.6. The van der Waals surface area contributed by atoms with E-state index in [-0.39, 0.29) is 24.8 Å². The van der Waals surface area contributed by atoms with E-state index in [0.29, 0.717) is 12.8 Å². The first-order valence-corrected chi connectivity index (χ1v) is 5.76. The maximum atomic E-state index is 13.5. The Morgan fingerprint density at radius 2 is 1.81 bits per heavy atom. The smallest absolute Gasteiger partial charge is 0.328 e. The molecule has 0 saturated heterocycles. The third kappa shape index (κ3) is 3.34. The van der Waals surface area contributed by atoms with Crippen LogP contribution in [-0.2, 0) is 0 Å². The molecule has 0 aromatic carbocycles. The quantitative estimate of drug-likeness (QED) is 0.751. The molecule has 1 rings (SSSR count). The van der Waals surface area contributed by atoms with Gasteiger partial charge in [0.05, 0.1) is 0 Å². The molecule has 1 aliphatic rings. The van der Waals surface area contributed by atoms with Crippen LogP contribution in [0.15, 0.2) is 0 Å². The molecule has 1 saturated carbocycles. The Morgan fingerprint density at radius 1 is 1.31 bits per heavy atom. The van der Waals surface area contributed by atoms with Gasteiger partial charge in [0.2, 0.25) is 5.67 Å². The van der Waals surface area contributed by atoms with Crippen LogP contribution in [0.1, 0.15) is 45.4 Å². The highest BCUT2D eigenvalue weighted by molar-refractivity contribution is 4.92. The number of hydrogen-bond acceptors (Lipinski definition) is 1. The lowest BCUT2D eigenvalue weighted by Crippen LogP contribution is -2.43. The zero-order chi connectivity index (χ0) is 12.4. The highest BCUT2D eigenvalue weighted by Gasteiger charge is 2.56. The van der Waals surface area contributed by atoms with Gasteiger partial charge < -0.3 is 5.73 Å². The molecule has 96 valence electrons. The molecular weight excluding hydrogens is 222 g/mol. The topological polar surface area (TPSA) is 26.0 Å². The first-order valence-electron chi connectivity index (χ1n) is 5.76. The minimum Gasteiger partial charge on any atom is -0.328 e. The molecule has 0 aromatic heterocycles. The van der Waals surface area contributed by atoms with E-state index in [1.54, 1.807) is 0 Å². The Kier molecular flexibility index (Phi) is 4.21. The third-order valence-electron chi connectivity index (χ3n) is 3.44. The third-order valence-corrected chi connectivity index (χ3v) is 3.44. The highest BCUT2D eigenvalue weighted by Crippen LogP contribution is 2.46. The van der Waals surface area contributed by atoms with Crippen molar-refractivity contribution in [2.45, 2.75) is 63.3 Å². The van der Waals surface area contributed by atoms with Crippen molar-refractivity contribution in [2.75, 3.05) is 0 Å². The van der Waals surface area contributed by atoms with Gasteiger partial charge >= 0.3 is 6.18 Å². The van der Waals surface area contributed by atoms with Crippen LogP contribution < -0.4 is 5.73 Å². The lowest BCUT2D eigenvalue weighted by molar-refractivity contribution is -0.242. The molecule has 0 aliphatic heterocycles. The number of alkyl halides is 4. The molecule has 1 atom stereocenters.